The van der Waals surface area contributed by atoms with E-state index in [0.29, 0.717) is 19.6 Å². The molecule has 0 saturated carbocycles. The van der Waals surface area contributed by atoms with E-state index < -0.39 is 33.7 Å². The number of carboxylic acids is 1. The zero-order valence-corrected chi connectivity index (χ0v) is 20.6. The summed E-state index contributed by atoms with van der Waals surface area (Å²) < 4.78 is 41.3. The first-order chi connectivity index (χ1) is 15.3. The Hall–Kier alpha value is -1.19. The Kier molecular flexibility index (Phi) is 19.7. The Labute approximate surface area is 194 Å². The maximum Gasteiger partial charge on any atom is 0.327 e. The van der Waals surface area contributed by atoms with Gasteiger partial charge in [-0.15, -0.1) is 0 Å². The Morgan fingerprint density at radius 2 is 1.16 bits per heavy atom. The lowest BCUT2D eigenvalue weighted by molar-refractivity contribution is -0.147. The average molecular weight is 481 g/mol. The molecule has 32 heavy (non-hydrogen) atoms. The van der Waals surface area contributed by atoms with Crippen molar-refractivity contribution in [1.82, 2.24) is 0 Å². The normalized spacial score (nSPS) is 12.6. The summed E-state index contributed by atoms with van der Waals surface area (Å²) >= 11 is 0. The van der Waals surface area contributed by atoms with Crippen LogP contribution in [0.25, 0.3) is 0 Å². The van der Waals surface area contributed by atoms with E-state index in [1.165, 1.54) is 77.0 Å². The Morgan fingerprint density at radius 3 is 1.59 bits per heavy atom. The molecule has 0 rings (SSSR count). The van der Waals surface area contributed by atoms with Crippen molar-refractivity contribution >= 4 is 22.1 Å². The van der Waals surface area contributed by atoms with Gasteiger partial charge in [0.15, 0.2) is 5.25 Å². The van der Waals surface area contributed by atoms with Crippen LogP contribution in [0.5, 0.6) is 0 Å². The van der Waals surface area contributed by atoms with Crippen molar-refractivity contribution in [2.75, 3.05) is 19.8 Å². The molecule has 0 aromatic carbocycles. The number of carbonyl (C=O) groups excluding carboxylic acids is 1. The van der Waals surface area contributed by atoms with Gasteiger partial charge in [-0.2, -0.15) is 8.42 Å². The lowest BCUT2D eigenvalue weighted by Gasteiger charge is -2.11. The van der Waals surface area contributed by atoms with Gasteiger partial charge in [-0.3, -0.25) is 14.1 Å². The zero-order valence-electron chi connectivity index (χ0n) is 19.8. The van der Waals surface area contributed by atoms with Crippen molar-refractivity contribution in [2.24, 2.45) is 0 Å². The second-order valence-electron chi connectivity index (χ2n) is 8.33. The van der Waals surface area contributed by atoms with Crippen LogP contribution < -0.4 is 0 Å². The molecule has 0 fully saturated rings. The molecule has 8 nitrogen and oxygen atoms in total. The minimum atomic E-state index is -4.82. The van der Waals surface area contributed by atoms with Crippen molar-refractivity contribution in [1.29, 1.82) is 0 Å². The molecule has 0 bridgehead atoms. The molecule has 0 radical (unpaired) electrons. The van der Waals surface area contributed by atoms with Crippen molar-refractivity contribution in [3.05, 3.63) is 0 Å². The predicted molar refractivity (Wildman–Crippen MR) is 124 cm³/mol. The third kappa shape index (κ3) is 19.5. The lowest BCUT2D eigenvalue weighted by atomic mass is 10.0. The number of carbonyl (C=O) groups is 2. The molecule has 0 aromatic heterocycles. The first-order valence-corrected chi connectivity index (χ1v) is 13.7. The number of unbranched alkanes of at least 4 members (excludes halogenated alkanes) is 13. The van der Waals surface area contributed by atoms with Gasteiger partial charge >= 0.3 is 11.9 Å². The minimum Gasteiger partial charge on any atom is -0.481 e. The van der Waals surface area contributed by atoms with Crippen LogP contribution in [-0.4, -0.2) is 55.1 Å². The molecular formula is C23H44O8S. The molecule has 1 unspecified atom stereocenters. The number of rotatable bonds is 23. The van der Waals surface area contributed by atoms with Crippen molar-refractivity contribution < 1.29 is 37.1 Å². The Morgan fingerprint density at radius 1 is 0.719 bits per heavy atom. The van der Waals surface area contributed by atoms with Crippen LogP contribution in [0.2, 0.25) is 0 Å². The van der Waals surface area contributed by atoms with Crippen molar-refractivity contribution in [2.45, 2.75) is 115 Å². The molecule has 0 aromatic rings. The summed E-state index contributed by atoms with van der Waals surface area (Å²) in [5.41, 5.74) is 0. The van der Waals surface area contributed by atoms with E-state index in [-0.39, 0.29) is 6.61 Å². The fraction of sp³-hybridized carbons (Fsp3) is 0.913. The van der Waals surface area contributed by atoms with Crippen molar-refractivity contribution in [3.63, 3.8) is 0 Å². The average Bonchev–Trinajstić information content (AvgIpc) is 2.72. The fourth-order valence-electron chi connectivity index (χ4n) is 3.40. The number of aliphatic carboxylic acids is 1. The molecule has 0 amide bonds. The number of hydrogen-bond donors (Lipinski definition) is 2. The molecule has 1 atom stereocenters. The summed E-state index contributed by atoms with van der Waals surface area (Å²) in [6, 6.07) is 0. The van der Waals surface area contributed by atoms with Crippen LogP contribution in [-0.2, 0) is 29.2 Å². The summed E-state index contributed by atoms with van der Waals surface area (Å²) in [4.78, 5) is 22.2. The van der Waals surface area contributed by atoms with Gasteiger partial charge in [0.05, 0.1) is 13.0 Å². The largest absolute Gasteiger partial charge is 0.481 e. The second-order valence-corrected chi connectivity index (χ2v) is 9.93. The summed E-state index contributed by atoms with van der Waals surface area (Å²) in [6.07, 6.45) is 17.5. The number of hydrogen-bond acceptors (Lipinski definition) is 6. The van der Waals surface area contributed by atoms with Crippen LogP contribution in [0, 0.1) is 0 Å². The van der Waals surface area contributed by atoms with Gasteiger partial charge < -0.3 is 14.6 Å². The summed E-state index contributed by atoms with van der Waals surface area (Å²) in [5.74, 6) is -2.78. The molecular weight excluding hydrogens is 436 g/mol. The van der Waals surface area contributed by atoms with Crippen LogP contribution in [0.3, 0.4) is 0 Å². The Bertz CT molecular complexity index is 577. The van der Waals surface area contributed by atoms with E-state index in [9.17, 15) is 18.0 Å². The fourth-order valence-corrected chi connectivity index (χ4v) is 4.06. The molecule has 0 aliphatic rings. The smallest absolute Gasteiger partial charge is 0.327 e. The van der Waals surface area contributed by atoms with Crippen LogP contribution >= 0.6 is 0 Å². The van der Waals surface area contributed by atoms with Crippen LogP contribution in [0.1, 0.15) is 110 Å². The topological polar surface area (TPSA) is 127 Å². The highest BCUT2D eigenvalue weighted by molar-refractivity contribution is 7.87. The van der Waals surface area contributed by atoms with Gasteiger partial charge in [0, 0.05) is 19.6 Å². The van der Waals surface area contributed by atoms with E-state index in [1.807, 2.05) is 0 Å². The third-order valence-corrected chi connectivity index (χ3v) is 6.38. The Balaban J connectivity index is 3.44. The van der Waals surface area contributed by atoms with Gasteiger partial charge in [0.2, 0.25) is 0 Å². The first kappa shape index (κ1) is 30.8. The first-order valence-electron chi connectivity index (χ1n) is 12.2. The molecule has 0 aliphatic heterocycles. The summed E-state index contributed by atoms with van der Waals surface area (Å²) in [7, 11) is -4.82. The monoisotopic (exact) mass is 480 g/mol. The quantitative estimate of drug-likeness (QED) is 0.117. The summed E-state index contributed by atoms with van der Waals surface area (Å²) in [6.45, 7) is 3.14. The lowest BCUT2D eigenvalue weighted by Crippen LogP contribution is -2.34. The standard InChI is InChI=1S/C23H44O8S/c1-2-3-4-5-6-7-8-9-10-11-12-13-14-15-17-30-18-16-19-31-23(26)21(20-22(24)25)32(27,28)29/h21H,2-20H2,1H3,(H,24,25)(H,27,28,29). The molecule has 2 N–H and O–H groups in total. The van der Waals surface area contributed by atoms with Crippen LogP contribution in [0.15, 0.2) is 0 Å². The highest BCUT2D eigenvalue weighted by Gasteiger charge is 2.34. The highest BCUT2D eigenvalue weighted by atomic mass is 32.2. The van der Waals surface area contributed by atoms with E-state index in [2.05, 4.69) is 6.92 Å². The second kappa shape index (κ2) is 20.4. The van der Waals surface area contributed by atoms with Gasteiger partial charge in [-0.1, -0.05) is 90.4 Å². The van der Waals surface area contributed by atoms with E-state index in [4.69, 9.17) is 19.1 Å². The van der Waals surface area contributed by atoms with Gasteiger partial charge in [0.25, 0.3) is 10.1 Å². The maximum absolute atomic E-state index is 11.6. The van der Waals surface area contributed by atoms with E-state index >= 15 is 0 Å². The molecule has 0 saturated heterocycles. The number of carboxylic acid groups (broad SMARTS) is 1. The third-order valence-electron chi connectivity index (χ3n) is 5.30. The molecule has 0 spiro atoms. The van der Waals surface area contributed by atoms with E-state index in [0.717, 1.165) is 12.8 Å². The van der Waals surface area contributed by atoms with Crippen molar-refractivity contribution in [3.8, 4) is 0 Å². The molecule has 9 heteroatoms. The molecule has 0 heterocycles. The van der Waals surface area contributed by atoms with E-state index in [1.54, 1.807) is 0 Å². The van der Waals surface area contributed by atoms with Gasteiger partial charge in [0.1, 0.15) is 0 Å². The molecule has 190 valence electrons. The van der Waals surface area contributed by atoms with Crippen LogP contribution in [0.4, 0.5) is 0 Å². The number of ether oxygens (including phenoxy) is 2. The number of esters is 1. The van der Waals surface area contributed by atoms with Gasteiger partial charge in [-0.25, -0.2) is 0 Å². The molecule has 0 aliphatic carbocycles. The minimum absolute atomic E-state index is 0.0940. The zero-order chi connectivity index (χ0) is 24.1. The predicted octanol–water partition coefficient (Wildman–Crippen LogP) is 5.15. The van der Waals surface area contributed by atoms with Gasteiger partial charge in [-0.05, 0) is 6.42 Å². The SMILES string of the molecule is CCCCCCCCCCCCCCCCOCCCOC(=O)C(CC(=O)O)S(=O)(=O)O. The summed E-state index contributed by atoms with van der Waals surface area (Å²) in [5, 5.41) is 6.53. The highest BCUT2D eigenvalue weighted by Crippen LogP contribution is 2.13. The maximum atomic E-state index is 11.6.